The van der Waals surface area contributed by atoms with Crippen molar-refractivity contribution < 1.29 is 20.1 Å². The summed E-state index contributed by atoms with van der Waals surface area (Å²) in [5, 5.41) is 25.6. The molecule has 9 heavy (non-hydrogen) atoms. The van der Waals surface area contributed by atoms with Gasteiger partial charge in [0.05, 0.1) is 6.10 Å². The number of hydrogen-bond acceptors (Lipinski definition) is 3. The summed E-state index contributed by atoms with van der Waals surface area (Å²) in [4.78, 5) is 10.1. The quantitative estimate of drug-likeness (QED) is 0.462. The van der Waals surface area contributed by atoms with Crippen LogP contribution >= 0.6 is 0 Å². The van der Waals surface area contributed by atoms with Crippen LogP contribution in [0, 0.1) is 0 Å². The third kappa shape index (κ3) is 1.65. The number of carboxylic acid groups (broad SMARTS) is 1. The van der Waals surface area contributed by atoms with Gasteiger partial charge >= 0.3 is 5.97 Å². The summed E-state index contributed by atoms with van der Waals surface area (Å²) in [5.41, 5.74) is -2.03. The van der Waals surface area contributed by atoms with Crippen LogP contribution in [0.3, 0.4) is 0 Å². The van der Waals surface area contributed by atoms with Crippen LogP contribution in [-0.2, 0) is 4.79 Å². The van der Waals surface area contributed by atoms with Gasteiger partial charge in [-0.1, -0.05) is 0 Å². The van der Waals surface area contributed by atoms with Crippen molar-refractivity contribution in [3.05, 3.63) is 0 Å². The van der Waals surface area contributed by atoms with E-state index >= 15 is 0 Å². The van der Waals surface area contributed by atoms with Gasteiger partial charge in [-0.25, -0.2) is 4.79 Å². The van der Waals surface area contributed by atoms with E-state index in [0.29, 0.717) is 0 Å². The lowest BCUT2D eigenvalue weighted by atomic mass is 10.0. The molecule has 0 rings (SSSR count). The Morgan fingerprint density at radius 2 is 2.00 bits per heavy atom. The molecule has 0 saturated heterocycles. The highest BCUT2D eigenvalue weighted by Gasteiger charge is 2.35. The molecule has 0 unspecified atom stereocenters. The van der Waals surface area contributed by atoms with E-state index in [1.54, 1.807) is 0 Å². The summed E-state index contributed by atoms with van der Waals surface area (Å²) < 4.78 is 0. The van der Waals surface area contributed by atoms with Gasteiger partial charge in [0.25, 0.3) is 0 Å². The molecule has 4 nitrogen and oxygen atoms in total. The summed E-state index contributed by atoms with van der Waals surface area (Å²) in [7, 11) is 0. The van der Waals surface area contributed by atoms with E-state index in [9.17, 15) is 4.79 Å². The molecule has 0 aliphatic heterocycles. The van der Waals surface area contributed by atoms with Gasteiger partial charge in [-0.15, -0.1) is 0 Å². The van der Waals surface area contributed by atoms with Gasteiger partial charge < -0.3 is 15.3 Å². The minimum absolute atomic E-state index is 1.04. The van der Waals surface area contributed by atoms with Crippen LogP contribution in [0.15, 0.2) is 0 Å². The largest absolute Gasteiger partial charge is 0.479 e. The zero-order valence-electron chi connectivity index (χ0n) is 5.33. The lowest BCUT2D eigenvalue weighted by Gasteiger charge is -2.20. The molecule has 2 atom stereocenters. The molecule has 0 aromatic heterocycles. The lowest BCUT2D eigenvalue weighted by Crippen LogP contribution is -2.44. The molecule has 0 spiro atoms. The molecule has 0 bridgehead atoms. The molecular formula is C5H10O4. The Balaban J connectivity index is 4.19. The Kier molecular flexibility index (Phi) is 2.17. The van der Waals surface area contributed by atoms with E-state index in [4.69, 9.17) is 15.3 Å². The molecule has 3 N–H and O–H groups in total. The minimum Gasteiger partial charge on any atom is -0.479 e. The van der Waals surface area contributed by atoms with Gasteiger partial charge in [0, 0.05) is 0 Å². The number of carbonyl (C=O) groups is 1. The molecule has 4 heteroatoms. The number of carboxylic acids is 1. The molecule has 0 amide bonds. The van der Waals surface area contributed by atoms with Gasteiger partial charge in [0.15, 0.2) is 5.60 Å². The second kappa shape index (κ2) is 2.33. The predicted octanol–water partition coefficient (Wildman–Crippen LogP) is -0.797. The van der Waals surface area contributed by atoms with E-state index < -0.39 is 17.7 Å². The Labute approximate surface area is 52.7 Å². The summed E-state index contributed by atoms with van der Waals surface area (Å²) in [6.07, 6.45) is -1.25. The lowest BCUT2D eigenvalue weighted by molar-refractivity contribution is -0.167. The number of hydrogen-bond donors (Lipinski definition) is 3. The van der Waals surface area contributed by atoms with Gasteiger partial charge in [0.1, 0.15) is 0 Å². The molecule has 0 aromatic carbocycles. The van der Waals surface area contributed by atoms with Crippen LogP contribution in [-0.4, -0.2) is 33.0 Å². The predicted molar refractivity (Wildman–Crippen MR) is 29.9 cm³/mol. The smallest absolute Gasteiger partial charge is 0.338 e. The third-order valence-corrected chi connectivity index (χ3v) is 1.25. The van der Waals surface area contributed by atoms with Crippen molar-refractivity contribution in [2.75, 3.05) is 0 Å². The topological polar surface area (TPSA) is 77.8 Å². The van der Waals surface area contributed by atoms with Crippen molar-refractivity contribution in [1.29, 1.82) is 0 Å². The number of aliphatic hydroxyl groups is 2. The van der Waals surface area contributed by atoms with Crippen LogP contribution < -0.4 is 0 Å². The zero-order chi connectivity index (χ0) is 7.65. The normalized spacial score (nSPS) is 20.4. The van der Waals surface area contributed by atoms with Crippen molar-refractivity contribution in [2.24, 2.45) is 0 Å². The second-order valence-electron chi connectivity index (χ2n) is 2.13. The minimum atomic E-state index is -2.03. The van der Waals surface area contributed by atoms with Crippen molar-refractivity contribution in [3.8, 4) is 0 Å². The van der Waals surface area contributed by atoms with Crippen molar-refractivity contribution in [2.45, 2.75) is 25.6 Å². The average Bonchev–Trinajstić information content (AvgIpc) is 1.65. The van der Waals surface area contributed by atoms with E-state index in [0.717, 1.165) is 6.92 Å². The van der Waals surface area contributed by atoms with Crippen LogP contribution in [0.5, 0.6) is 0 Å². The van der Waals surface area contributed by atoms with Crippen molar-refractivity contribution in [1.82, 2.24) is 0 Å². The van der Waals surface area contributed by atoms with Gasteiger partial charge in [0.2, 0.25) is 0 Å². The Morgan fingerprint density at radius 3 is 2.00 bits per heavy atom. The first-order valence-electron chi connectivity index (χ1n) is 2.53. The van der Waals surface area contributed by atoms with Crippen LogP contribution in [0.1, 0.15) is 13.8 Å². The Bertz CT molecular complexity index is 116. The fourth-order valence-corrected chi connectivity index (χ4v) is 0.179. The van der Waals surface area contributed by atoms with Crippen LogP contribution in [0.2, 0.25) is 0 Å². The van der Waals surface area contributed by atoms with Crippen LogP contribution in [0.25, 0.3) is 0 Å². The molecule has 0 radical (unpaired) electrons. The Hall–Kier alpha value is -0.610. The summed E-state index contributed by atoms with van der Waals surface area (Å²) in [6, 6.07) is 0. The summed E-state index contributed by atoms with van der Waals surface area (Å²) in [6.45, 7) is 2.26. The maximum absolute atomic E-state index is 10.1. The first-order valence-corrected chi connectivity index (χ1v) is 2.53. The van der Waals surface area contributed by atoms with E-state index in [1.807, 2.05) is 0 Å². The van der Waals surface area contributed by atoms with E-state index in [2.05, 4.69) is 0 Å². The molecule has 0 fully saturated rings. The fraction of sp³-hybridized carbons (Fsp3) is 0.800. The fourth-order valence-electron chi connectivity index (χ4n) is 0.179. The first-order chi connectivity index (χ1) is 3.89. The zero-order valence-corrected chi connectivity index (χ0v) is 5.33. The highest BCUT2D eigenvalue weighted by atomic mass is 16.4. The molecule has 0 aromatic rings. The summed E-state index contributed by atoms with van der Waals surface area (Å²) in [5.74, 6) is -1.42. The maximum atomic E-state index is 10.1. The van der Waals surface area contributed by atoms with E-state index in [-0.39, 0.29) is 0 Å². The Morgan fingerprint density at radius 1 is 1.67 bits per heavy atom. The van der Waals surface area contributed by atoms with Crippen LogP contribution in [0.4, 0.5) is 0 Å². The molecular weight excluding hydrogens is 124 g/mol. The van der Waals surface area contributed by atoms with Crippen molar-refractivity contribution >= 4 is 5.97 Å². The summed E-state index contributed by atoms with van der Waals surface area (Å²) >= 11 is 0. The second-order valence-corrected chi connectivity index (χ2v) is 2.13. The maximum Gasteiger partial charge on any atom is 0.338 e. The average molecular weight is 134 g/mol. The highest BCUT2D eigenvalue weighted by Crippen LogP contribution is 2.08. The van der Waals surface area contributed by atoms with Gasteiger partial charge in [-0.05, 0) is 13.8 Å². The molecule has 0 saturated carbocycles. The molecule has 54 valence electrons. The SMILES string of the molecule is C[C@H](O)[C@](C)(O)C(=O)O. The molecule has 0 aliphatic carbocycles. The van der Waals surface area contributed by atoms with Gasteiger partial charge in [-0.2, -0.15) is 0 Å². The van der Waals surface area contributed by atoms with Crippen molar-refractivity contribution in [3.63, 3.8) is 0 Å². The molecule has 0 heterocycles. The molecule has 0 aliphatic rings. The van der Waals surface area contributed by atoms with E-state index in [1.165, 1.54) is 6.92 Å². The third-order valence-electron chi connectivity index (χ3n) is 1.25. The number of aliphatic carboxylic acids is 1. The monoisotopic (exact) mass is 134 g/mol. The number of rotatable bonds is 2. The standard InChI is InChI=1S/C5H10O4/c1-3(6)5(2,9)4(7)8/h3,6,9H,1-2H3,(H,7,8)/t3-,5-/m0/s1. The first kappa shape index (κ1) is 8.39. The van der Waals surface area contributed by atoms with Gasteiger partial charge in [-0.3, -0.25) is 0 Å². The number of aliphatic hydroxyl groups excluding tert-OH is 1. The highest BCUT2D eigenvalue weighted by molar-refractivity contribution is 5.77.